The fourth-order valence-corrected chi connectivity index (χ4v) is 5.45. The van der Waals surface area contributed by atoms with E-state index in [9.17, 15) is 13.2 Å². The Labute approximate surface area is 192 Å². The number of benzene rings is 1. The van der Waals surface area contributed by atoms with Crippen LogP contribution in [0, 0.1) is 5.92 Å². The fourth-order valence-electron chi connectivity index (χ4n) is 5.45. The van der Waals surface area contributed by atoms with Crippen molar-refractivity contribution in [1.29, 1.82) is 0 Å². The van der Waals surface area contributed by atoms with Gasteiger partial charge < -0.3 is 4.74 Å². The molecule has 180 valence electrons. The van der Waals surface area contributed by atoms with Gasteiger partial charge in [-0.05, 0) is 86.7 Å². The molecule has 0 saturated heterocycles. The van der Waals surface area contributed by atoms with Crippen molar-refractivity contribution in [2.45, 2.75) is 115 Å². The van der Waals surface area contributed by atoms with E-state index in [1.54, 1.807) is 0 Å². The average Bonchev–Trinajstić information content (AvgIpc) is 2.80. The molecule has 0 atom stereocenters. The zero-order chi connectivity index (χ0) is 22.8. The summed E-state index contributed by atoms with van der Waals surface area (Å²) >= 11 is 0. The van der Waals surface area contributed by atoms with Crippen LogP contribution in [0.5, 0.6) is 0 Å². The van der Waals surface area contributed by atoms with Crippen LogP contribution < -0.4 is 0 Å². The first kappa shape index (κ1) is 25.3. The minimum Gasteiger partial charge on any atom is -0.378 e. The number of rotatable bonds is 10. The summed E-state index contributed by atoms with van der Waals surface area (Å²) in [5.74, 6) is 1.19. The summed E-state index contributed by atoms with van der Waals surface area (Å²) in [5.41, 5.74) is 2.79. The van der Waals surface area contributed by atoms with Crippen LogP contribution in [0.15, 0.2) is 36.4 Å². The van der Waals surface area contributed by atoms with Crippen LogP contribution in [0.25, 0.3) is 0 Å². The molecule has 0 heterocycles. The van der Waals surface area contributed by atoms with E-state index >= 15 is 0 Å². The Bertz CT molecular complexity index is 663. The smallest absolute Gasteiger partial charge is 0.378 e. The van der Waals surface area contributed by atoms with Gasteiger partial charge in [-0.25, -0.2) is 0 Å². The second kappa shape index (κ2) is 12.8. The molecular formula is C28H41F3O. The number of hydrogen-bond donors (Lipinski definition) is 0. The third-order valence-corrected chi connectivity index (χ3v) is 7.48. The Morgan fingerprint density at radius 3 is 1.84 bits per heavy atom. The van der Waals surface area contributed by atoms with Crippen molar-refractivity contribution in [3.8, 4) is 0 Å². The lowest BCUT2D eigenvalue weighted by Crippen LogP contribution is -2.21. The lowest BCUT2D eigenvalue weighted by molar-refractivity contribution is -0.0803. The normalized spacial score (nSPS) is 27.1. The molecule has 0 aliphatic heterocycles. The Morgan fingerprint density at radius 1 is 0.781 bits per heavy atom. The third-order valence-electron chi connectivity index (χ3n) is 7.48. The molecule has 4 heteroatoms. The van der Waals surface area contributed by atoms with Crippen molar-refractivity contribution in [3.05, 3.63) is 47.5 Å². The molecule has 2 fully saturated rings. The van der Waals surface area contributed by atoms with Gasteiger partial charge in [-0.3, -0.25) is 0 Å². The Morgan fingerprint density at radius 2 is 1.31 bits per heavy atom. The fraction of sp³-hybridized carbons (Fsp3) is 0.714. The summed E-state index contributed by atoms with van der Waals surface area (Å²) in [6.45, 7) is 3.17. The first-order valence-corrected chi connectivity index (χ1v) is 12.9. The van der Waals surface area contributed by atoms with Crippen molar-refractivity contribution in [2.75, 3.05) is 6.61 Å². The van der Waals surface area contributed by atoms with E-state index in [4.69, 9.17) is 4.74 Å². The topological polar surface area (TPSA) is 9.23 Å². The molecule has 0 N–H and O–H groups in total. The van der Waals surface area contributed by atoms with Gasteiger partial charge in [0.15, 0.2) is 0 Å². The Hall–Kier alpha value is -1.29. The van der Waals surface area contributed by atoms with Crippen LogP contribution in [-0.2, 0) is 4.74 Å². The second-order valence-electron chi connectivity index (χ2n) is 9.94. The largest absolute Gasteiger partial charge is 0.409 e. The van der Waals surface area contributed by atoms with E-state index in [0.29, 0.717) is 24.0 Å². The highest BCUT2D eigenvalue weighted by molar-refractivity contribution is 5.28. The molecule has 1 nitrogen and oxygen atoms in total. The quantitative estimate of drug-likeness (QED) is 0.255. The summed E-state index contributed by atoms with van der Waals surface area (Å²) < 4.78 is 43.3. The zero-order valence-corrected chi connectivity index (χ0v) is 19.7. The summed E-state index contributed by atoms with van der Waals surface area (Å²) in [6, 6.07) is 9.13. The van der Waals surface area contributed by atoms with E-state index in [0.717, 1.165) is 45.1 Å². The van der Waals surface area contributed by atoms with E-state index in [2.05, 4.69) is 31.2 Å². The van der Waals surface area contributed by atoms with Crippen LogP contribution >= 0.6 is 0 Å². The van der Waals surface area contributed by atoms with Gasteiger partial charge in [0.2, 0.25) is 0 Å². The number of ether oxygens (including phenoxy) is 1. The molecule has 0 amide bonds. The highest BCUT2D eigenvalue weighted by Gasteiger charge is 2.26. The summed E-state index contributed by atoms with van der Waals surface area (Å²) in [4.78, 5) is 0. The van der Waals surface area contributed by atoms with Gasteiger partial charge in [-0.15, -0.1) is 0 Å². The second-order valence-corrected chi connectivity index (χ2v) is 9.94. The highest BCUT2D eigenvalue weighted by atomic mass is 19.4. The van der Waals surface area contributed by atoms with Crippen LogP contribution in [0.4, 0.5) is 13.2 Å². The molecule has 2 aliphatic carbocycles. The first-order valence-electron chi connectivity index (χ1n) is 12.9. The molecule has 0 radical (unpaired) electrons. The maximum atomic E-state index is 12.4. The molecule has 0 unspecified atom stereocenters. The van der Waals surface area contributed by atoms with Gasteiger partial charge in [-0.2, -0.15) is 13.2 Å². The number of alkyl halides is 3. The van der Waals surface area contributed by atoms with Crippen LogP contribution in [0.1, 0.15) is 113 Å². The van der Waals surface area contributed by atoms with Crippen molar-refractivity contribution in [2.24, 2.45) is 5.92 Å². The summed E-state index contributed by atoms with van der Waals surface area (Å²) in [5, 5.41) is 0. The Kier molecular flexibility index (Phi) is 10.1. The first-order chi connectivity index (χ1) is 15.4. The van der Waals surface area contributed by atoms with E-state index in [1.165, 1.54) is 62.1 Å². The lowest BCUT2D eigenvalue weighted by Gasteiger charge is -2.30. The van der Waals surface area contributed by atoms with Crippen molar-refractivity contribution in [1.82, 2.24) is 0 Å². The number of halogens is 3. The molecule has 0 aromatic heterocycles. The number of hydrogen-bond acceptors (Lipinski definition) is 1. The Balaban J connectivity index is 1.37. The molecule has 0 spiro atoms. The highest BCUT2D eigenvalue weighted by Crippen LogP contribution is 2.39. The van der Waals surface area contributed by atoms with Crippen LogP contribution in [0.2, 0.25) is 0 Å². The maximum absolute atomic E-state index is 12.4. The van der Waals surface area contributed by atoms with Gasteiger partial charge >= 0.3 is 6.18 Å². The van der Waals surface area contributed by atoms with Crippen LogP contribution in [-0.4, -0.2) is 18.9 Å². The lowest BCUT2D eigenvalue weighted by atomic mass is 9.77. The van der Waals surface area contributed by atoms with Gasteiger partial charge in [0.1, 0.15) is 0 Å². The predicted octanol–water partition coefficient (Wildman–Crippen LogP) is 9.09. The summed E-state index contributed by atoms with van der Waals surface area (Å²) in [7, 11) is 0. The SMILES string of the molecule is CCCCCCCOC1CCC(c2ccc(C3CCC(C=CC(F)(F)F)CC3)cc2)CC1. The molecule has 3 rings (SSSR count). The van der Waals surface area contributed by atoms with Gasteiger partial charge in [0, 0.05) is 12.7 Å². The third kappa shape index (κ3) is 8.57. The standard InChI is InChI=1S/C28H41F3O/c1-2-3-4-5-6-21-32-27-17-15-26(16-18-27)25-13-11-24(12-14-25)23-9-7-22(8-10-23)19-20-28(29,30)31/h11-14,19-20,22-23,26-27H,2-10,15-18,21H2,1H3. The van der Waals surface area contributed by atoms with Crippen molar-refractivity contribution >= 4 is 0 Å². The van der Waals surface area contributed by atoms with E-state index in [-0.39, 0.29) is 5.92 Å². The average molecular weight is 451 g/mol. The minimum absolute atomic E-state index is 0.0703. The van der Waals surface area contributed by atoms with Crippen LogP contribution in [0.3, 0.4) is 0 Å². The molecule has 32 heavy (non-hydrogen) atoms. The monoisotopic (exact) mass is 450 g/mol. The van der Waals surface area contributed by atoms with Gasteiger partial charge in [0.05, 0.1) is 6.10 Å². The van der Waals surface area contributed by atoms with E-state index < -0.39 is 6.18 Å². The zero-order valence-electron chi connectivity index (χ0n) is 19.7. The molecule has 1 aromatic carbocycles. The van der Waals surface area contributed by atoms with Gasteiger partial charge in [0.25, 0.3) is 0 Å². The number of allylic oxidation sites excluding steroid dienone is 2. The predicted molar refractivity (Wildman–Crippen MR) is 126 cm³/mol. The molecule has 2 aliphatic rings. The maximum Gasteiger partial charge on any atom is 0.409 e. The minimum atomic E-state index is -4.19. The summed E-state index contributed by atoms with van der Waals surface area (Å²) in [6.07, 6.45) is 12.9. The van der Waals surface area contributed by atoms with E-state index in [1.807, 2.05) is 0 Å². The molecule has 0 bridgehead atoms. The number of unbranched alkanes of at least 4 members (excludes halogenated alkanes) is 4. The van der Waals surface area contributed by atoms with Crippen molar-refractivity contribution < 1.29 is 17.9 Å². The molecule has 2 saturated carbocycles. The van der Waals surface area contributed by atoms with Gasteiger partial charge in [-0.1, -0.05) is 62.9 Å². The molecular weight excluding hydrogens is 409 g/mol. The molecule has 1 aromatic rings. The van der Waals surface area contributed by atoms with Crippen molar-refractivity contribution in [3.63, 3.8) is 0 Å².